The molecule has 0 aromatic carbocycles. The number of hydrogen-bond acceptors (Lipinski definition) is 2. The highest BCUT2D eigenvalue weighted by atomic mass is 15.1. The number of aromatic nitrogens is 2. The molecule has 3 nitrogen and oxygen atoms in total. The van der Waals surface area contributed by atoms with Crippen molar-refractivity contribution < 1.29 is 0 Å². The quantitative estimate of drug-likeness (QED) is 0.573. The van der Waals surface area contributed by atoms with Crippen molar-refractivity contribution >= 4 is 0 Å². The van der Waals surface area contributed by atoms with Gasteiger partial charge in [-0.05, 0) is 19.9 Å². The van der Waals surface area contributed by atoms with Gasteiger partial charge < -0.3 is 9.88 Å². The molecule has 20 heavy (non-hydrogen) atoms. The zero-order valence-electron chi connectivity index (χ0n) is 13.7. The maximum Gasteiger partial charge on any atom is 0.105 e. The van der Waals surface area contributed by atoms with E-state index in [-0.39, 0.29) is 0 Å². The topological polar surface area (TPSA) is 29.9 Å². The second-order valence-electron chi connectivity index (χ2n) is 5.70. The highest BCUT2D eigenvalue weighted by Gasteiger charge is 2.05. The highest BCUT2D eigenvalue weighted by molar-refractivity contribution is 5.04. The predicted octanol–water partition coefficient (Wildman–Crippen LogP) is 4.44. The van der Waals surface area contributed by atoms with Crippen molar-refractivity contribution in [3.05, 3.63) is 17.7 Å². The van der Waals surface area contributed by atoms with Crippen LogP contribution in [0.25, 0.3) is 0 Å². The van der Waals surface area contributed by atoms with Crippen LogP contribution in [0.3, 0.4) is 0 Å². The van der Waals surface area contributed by atoms with Crippen LogP contribution in [0.15, 0.2) is 6.20 Å². The standard InChI is InChI=1S/C17H33N3/c1-4-6-7-8-9-10-11-12-13-20-16(3)19-15-17(20)14-18-5-2/h15,18H,4-14H2,1-3H3. The molecule has 1 aromatic rings. The summed E-state index contributed by atoms with van der Waals surface area (Å²) in [5.41, 5.74) is 1.33. The molecule has 0 aliphatic heterocycles. The second-order valence-corrected chi connectivity index (χ2v) is 5.70. The molecule has 0 atom stereocenters. The van der Waals surface area contributed by atoms with Crippen molar-refractivity contribution in [1.29, 1.82) is 0 Å². The van der Waals surface area contributed by atoms with E-state index < -0.39 is 0 Å². The number of unbranched alkanes of at least 4 members (excludes halogenated alkanes) is 7. The lowest BCUT2D eigenvalue weighted by Crippen LogP contribution is -2.16. The smallest absolute Gasteiger partial charge is 0.105 e. The number of rotatable bonds is 12. The van der Waals surface area contributed by atoms with Gasteiger partial charge in [-0.25, -0.2) is 4.98 Å². The molecule has 1 N–H and O–H groups in total. The molecule has 0 aliphatic carbocycles. The minimum Gasteiger partial charge on any atom is -0.331 e. The maximum absolute atomic E-state index is 4.44. The van der Waals surface area contributed by atoms with E-state index in [1.165, 1.54) is 57.1 Å². The molecule has 0 fully saturated rings. The van der Waals surface area contributed by atoms with Crippen LogP contribution in [0.1, 0.15) is 76.7 Å². The Bertz CT molecular complexity index is 344. The Morgan fingerprint density at radius 1 is 1.00 bits per heavy atom. The van der Waals surface area contributed by atoms with Crippen LogP contribution in [0.2, 0.25) is 0 Å². The van der Waals surface area contributed by atoms with Gasteiger partial charge in [0, 0.05) is 19.3 Å². The van der Waals surface area contributed by atoms with Crippen LogP contribution in [0.5, 0.6) is 0 Å². The molecule has 0 bridgehead atoms. The first-order valence-corrected chi connectivity index (χ1v) is 8.51. The van der Waals surface area contributed by atoms with Crippen molar-refractivity contribution in [2.75, 3.05) is 6.54 Å². The summed E-state index contributed by atoms with van der Waals surface area (Å²) in [5, 5.41) is 3.39. The van der Waals surface area contributed by atoms with Crippen LogP contribution in [-0.4, -0.2) is 16.1 Å². The van der Waals surface area contributed by atoms with Crippen LogP contribution in [0.4, 0.5) is 0 Å². The predicted molar refractivity (Wildman–Crippen MR) is 87.0 cm³/mol. The van der Waals surface area contributed by atoms with Crippen molar-refractivity contribution in [2.24, 2.45) is 0 Å². The second kappa shape index (κ2) is 10.9. The van der Waals surface area contributed by atoms with Crippen molar-refractivity contribution in [3.63, 3.8) is 0 Å². The van der Waals surface area contributed by atoms with E-state index in [9.17, 15) is 0 Å². The summed E-state index contributed by atoms with van der Waals surface area (Å²) in [7, 11) is 0. The summed E-state index contributed by atoms with van der Waals surface area (Å²) < 4.78 is 2.37. The largest absolute Gasteiger partial charge is 0.331 e. The van der Waals surface area contributed by atoms with Crippen molar-refractivity contribution in [3.8, 4) is 0 Å². The Balaban J connectivity index is 2.16. The molecule has 0 aliphatic rings. The van der Waals surface area contributed by atoms with Crippen LogP contribution in [0, 0.1) is 6.92 Å². The molecule has 0 saturated heterocycles. The van der Waals surface area contributed by atoms with Crippen LogP contribution < -0.4 is 5.32 Å². The lowest BCUT2D eigenvalue weighted by molar-refractivity contribution is 0.525. The Labute approximate surface area is 125 Å². The maximum atomic E-state index is 4.44. The van der Waals surface area contributed by atoms with Crippen molar-refractivity contribution in [1.82, 2.24) is 14.9 Å². The minimum absolute atomic E-state index is 0.939. The fourth-order valence-electron chi connectivity index (χ4n) is 2.62. The van der Waals surface area contributed by atoms with E-state index in [0.29, 0.717) is 0 Å². The molecule has 1 heterocycles. The first-order chi connectivity index (χ1) is 9.79. The van der Waals surface area contributed by atoms with Crippen molar-refractivity contribution in [2.45, 2.75) is 85.2 Å². The summed E-state index contributed by atoms with van der Waals surface area (Å²) in [5.74, 6) is 1.15. The fourth-order valence-corrected chi connectivity index (χ4v) is 2.62. The van der Waals surface area contributed by atoms with E-state index in [2.05, 4.69) is 35.6 Å². The highest BCUT2D eigenvalue weighted by Crippen LogP contribution is 2.11. The van der Waals surface area contributed by atoms with E-state index in [0.717, 1.165) is 25.5 Å². The third-order valence-electron chi connectivity index (χ3n) is 3.93. The molecule has 1 rings (SSSR count). The molecule has 0 spiro atoms. The Morgan fingerprint density at radius 3 is 2.30 bits per heavy atom. The number of imidazole rings is 1. The zero-order chi connectivity index (χ0) is 14.6. The lowest BCUT2D eigenvalue weighted by atomic mass is 10.1. The van der Waals surface area contributed by atoms with Gasteiger partial charge in [0.15, 0.2) is 0 Å². The van der Waals surface area contributed by atoms with Gasteiger partial charge >= 0.3 is 0 Å². The summed E-state index contributed by atoms with van der Waals surface area (Å²) in [4.78, 5) is 4.44. The fraction of sp³-hybridized carbons (Fsp3) is 0.824. The molecular weight excluding hydrogens is 246 g/mol. The summed E-state index contributed by atoms with van der Waals surface area (Å²) >= 11 is 0. The Kier molecular flexibility index (Phi) is 9.38. The Hall–Kier alpha value is -0.830. The lowest BCUT2D eigenvalue weighted by Gasteiger charge is -2.10. The molecule has 0 unspecified atom stereocenters. The van der Waals surface area contributed by atoms with Gasteiger partial charge in [-0.2, -0.15) is 0 Å². The molecule has 0 saturated carbocycles. The molecular formula is C17H33N3. The van der Waals surface area contributed by atoms with Crippen LogP contribution in [-0.2, 0) is 13.1 Å². The zero-order valence-corrected chi connectivity index (χ0v) is 13.7. The summed E-state index contributed by atoms with van der Waals surface area (Å²) in [6.45, 7) is 9.61. The van der Waals surface area contributed by atoms with E-state index in [4.69, 9.17) is 0 Å². The number of nitrogens with zero attached hydrogens (tertiary/aromatic N) is 2. The SMILES string of the molecule is CCCCCCCCCCn1c(CNCC)cnc1C. The van der Waals surface area contributed by atoms with Gasteiger partial charge in [0.25, 0.3) is 0 Å². The van der Waals surface area contributed by atoms with Gasteiger partial charge in [-0.3, -0.25) is 0 Å². The van der Waals surface area contributed by atoms with Gasteiger partial charge in [0.1, 0.15) is 5.82 Å². The molecule has 0 radical (unpaired) electrons. The molecule has 1 aromatic heterocycles. The average molecular weight is 279 g/mol. The summed E-state index contributed by atoms with van der Waals surface area (Å²) in [6.07, 6.45) is 13.0. The minimum atomic E-state index is 0.939. The van der Waals surface area contributed by atoms with Gasteiger partial charge in [-0.15, -0.1) is 0 Å². The summed E-state index contributed by atoms with van der Waals surface area (Å²) in [6, 6.07) is 0. The Morgan fingerprint density at radius 2 is 1.65 bits per heavy atom. The normalized spacial score (nSPS) is 11.2. The van der Waals surface area contributed by atoms with Gasteiger partial charge in [0.2, 0.25) is 0 Å². The van der Waals surface area contributed by atoms with E-state index >= 15 is 0 Å². The van der Waals surface area contributed by atoms with E-state index in [1.807, 2.05) is 6.20 Å². The first kappa shape index (κ1) is 17.2. The van der Waals surface area contributed by atoms with Crippen LogP contribution >= 0.6 is 0 Å². The molecule has 0 amide bonds. The van der Waals surface area contributed by atoms with E-state index in [1.54, 1.807) is 0 Å². The van der Waals surface area contributed by atoms with Gasteiger partial charge in [-0.1, -0.05) is 58.8 Å². The first-order valence-electron chi connectivity index (χ1n) is 8.51. The number of nitrogens with one attached hydrogen (secondary N) is 1. The van der Waals surface area contributed by atoms with Gasteiger partial charge in [0.05, 0.1) is 5.69 Å². The third kappa shape index (κ3) is 6.56. The molecule has 3 heteroatoms. The molecule has 116 valence electrons. The third-order valence-corrected chi connectivity index (χ3v) is 3.93. The monoisotopic (exact) mass is 279 g/mol. The number of aryl methyl sites for hydroxylation is 1. The average Bonchev–Trinajstić information content (AvgIpc) is 2.80. The number of hydrogen-bond donors (Lipinski definition) is 1.